The summed E-state index contributed by atoms with van der Waals surface area (Å²) in [4.78, 5) is 15.1. The fraction of sp³-hybridized carbons (Fsp3) is 0.278. The number of morpholine rings is 1. The molecule has 1 aliphatic heterocycles. The van der Waals surface area contributed by atoms with Crippen molar-refractivity contribution >= 4 is 27.9 Å². The van der Waals surface area contributed by atoms with Gasteiger partial charge in [0.15, 0.2) is 5.65 Å². The Morgan fingerprint density at radius 2 is 1.96 bits per heavy atom. The third kappa shape index (κ3) is 2.27. The molecular weight excluding hydrogens is 316 g/mol. The van der Waals surface area contributed by atoms with Gasteiger partial charge in [0.2, 0.25) is 5.95 Å². The lowest BCUT2D eigenvalue weighted by Gasteiger charge is -2.27. The van der Waals surface area contributed by atoms with Crippen LogP contribution < -0.4 is 4.90 Å². The highest BCUT2D eigenvalue weighted by atomic mass is 16.5. The predicted octanol–water partition coefficient (Wildman–Crippen LogP) is 2.35. The average Bonchev–Trinajstić information content (AvgIpc) is 3.28. The summed E-state index contributed by atoms with van der Waals surface area (Å²) in [6, 6.07) is 8.31. The minimum absolute atomic E-state index is 0.704. The third-order valence-electron chi connectivity index (χ3n) is 4.72. The van der Waals surface area contributed by atoms with E-state index in [1.807, 2.05) is 30.2 Å². The van der Waals surface area contributed by atoms with Gasteiger partial charge in [-0.05, 0) is 12.1 Å². The molecule has 1 N–H and O–H groups in total. The quantitative estimate of drug-likeness (QED) is 0.609. The van der Waals surface area contributed by atoms with Gasteiger partial charge in [-0.2, -0.15) is 10.1 Å². The van der Waals surface area contributed by atoms with Gasteiger partial charge in [-0.25, -0.2) is 4.98 Å². The summed E-state index contributed by atoms with van der Waals surface area (Å²) in [5.41, 5.74) is 3.96. The number of aryl methyl sites for hydroxylation is 1. The Morgan fingerprint density at radius 3 is 2.84 bits per heavy atom. The smallest absolute Gasteiger partial charge is 0.228 e. The molecule has 126 valence electrons. The Morgan fingerprint density at radius 1 is 1.08 bits per heavy atom. The molecule has 0 unspecified atom stereocenters. The van der Waals surface area contributed by atoms with E-state index in [9.17, 15) is 0 Å². The topological polar surface area (TPSA) is 71.9 Å². The first-order chi connectivity index (χ1) is 12.3. The molecule has 0 amide bonds. The zero-order valence-electron chi connectivity index (χ0n) is 13.9. The van der Waals surface area contributed by atoms with Crippen LogP contribution in [0.5, 0.6) is 0 Å². The van der Waals surface area contributed by atoms with Crippen LogP contribution in [0.1, 0.15) is 0 Å². The van der Waals surface area contributed by atoms with Crippen LogP contribution in [-0.2, 0) is 11.8 Å². The summed E-state index contributed by atoms with van der Waals surface area (Å²) in [6.45, 7) is 3.01. The van der Waals surface area contributed by atoms with Crippen molar-refractivity contribution in [3.8, 4) is 11.3 Å². The zero-order chi connectivity index (χ0) is 16.8. The van der Waals surface area contributed by atoms with Crippen LogP contribution in [0.2, 0.25) is 0 Å². The summed E-state index contributed by atoms with van der Waals surface area (Å²) >= 11 is 0. The molecule has 1 fully saturated rings. The van der Waals surface area contributed by atoms with Gasteiger partial charge in [0, 0.05) is 42.8 Å². The fourth-order valence-electron chi connectivity index (χ4n) is 3.41. The summed E-state index contributed by atoms with van der Waals surface area (Å²) in [5, 5.41) is 6.52. The molecule has 0 radical (unpaired) electrons. The number of hydrogen-bond acceptors (Lipinski definition) is 5. The Labute approximate surface area is 144 Å². The molecule has 3 aromatic heterocycles. The van der Waals surface area contributed by atoms with Gasteiger partial charge < -0.3 is 14.6 Å². The van der Waals surface area contributed by atoms with Crippen molar-refractivity contribution < 1.29 is 4.74 Å². The van der Waals surface area contributed by atoms with Crippen LogP contribution in [0, 0.1) is 0 Å². The maximum absolute atomic E-state index is 5.46. The van der Waals surface area contributed by atoms with Crippen LogP contribution in [0.25, 0.3) is 33.2 Å². The summed E-state index contributed by atoms with van der Waals surface area (Å²) in [6.07, 6.45) is 3.80. The number of ether oxygens (including phenoxy) is 1. The standard InChI is InChI=1S/C18H18N6O/c1-23-17-14(11-20-23)16(13-3-2-4-15-12(13)5-6-19-15)21-18(22-17)24-7-9-25-10-8-24/h2-6,11,19H,7-10H2,1H3. The van der Waals surface area contributed by atoms with Crippen molar-refractivity contribution in [1.82, 2.24) is 24.7 Å². The van der Waals surface area contributed by atoms with E-state index in [4.69, 9.17) is 14.7 Å². The molecule has 7 nitrogen and oxygen atoms in total. The summed E-state index contributed by atoms with van der Waals surface area (Å²) in [7, 11) is 1.92. The highest BCUT2D eigenvalue weighted by Crippen LogP contribution is 2.33. The number of aromatic amines is 1. The largest absolute Gasteiger partial charge is 0.378 e. The van der Waals surface area contributed by atoms with E-state index in [-0.39, 0.29) is 0 Å². The van der Waals surface area contributed by atoms with E-state index in [2.05, 4.69) is 33.2 Å². The monoisotopic (exact) mass is 334 g/mol. The number of nitrogens with zero attached hydrogens (tertiary/aromatic N) is 5. The van der Waals surface area contributed by atoms with Crippen molar-refractivity contribution in [3.63, 3.8) is 0 Å². The number of fused-ring (bicyclic) bond motifs is 2. The van der Waals surface area contributed by atoms with Gasteiger partial charge in [0.25, 0.3) is 0 Å². The van der Waals surface area contributed by atoms with Crippen molar-refractivity contribution in [2.45, 2.75) is 0 Å². The van der Waals surface area contributed by atoms with E-state index in [1.54, 1.807) is 0 Å². The second kappa shape index (κ2) is 5.56. The molecule has 0 saturated carbocycles. The number of rotatable bonds is 2. The van der Waals surface area contributed by atoms with Crippen molar-refractivity contribution in [1.29, 1.82) is 0 Å². The SMILES string of the molecule is Cn1ncc2c(-c3cccc4[nH]ccc34)nc(N3CCOCC3)nc21. The van der Waals surface area contributed by atoms with Gasteiger partial charge in [-0.1, -0.05) is 12.1 Å². The normalized spacial score (nSPS) is 15.3. The second-order valence-electron chi connectivity index (χ2n) is 6.22. The summed E-state index contributed by atoms with van der Waals surface area (Å²) < 4.78 is 7.27. The average molecular weight is 334 g/mol. The Balaban J connectivity index is 1.77. The highest BCUT2D eigenvalue weighted by molar-refractivity contribution is 6.01. The van der Waals surface area contributed by atoms with Gasteiger partial charge in [0.05, 0.1) is 30.5 Å². The minimum atomic E-state index is 0.704. The first kappa shape index (κ1) is 14.4. The Bertz CT molecular complexity index is 1060. The lowest BCUT2D eigenvalue weighted by Crippen LogP contribution is -2.37. The fourth-order valence-corrected chi connectivity index (χ4v) is 3.41. The molecule has 0 aliphatic carbocycles. The summed E-state index contributed by atoms with van der Waals surface area (Å²) in [5.74, 6) is 0.738. The van der Waals surface area contributed by atoms with Crippen LogP contribution in [0.15, 0.2) is 36.7 Å². The van der Waals surface area contributed by atoms with E-state index >= 15 is 0 Å². The van der Waals surface area contributed by atoms with Crippen molar-refractivity contribution in [3.05, 3.63) is 36.7 Å². The molecule has 0 bridgehead atoms. The first-order valence-electron chi connectivity index (χ1n) is 8.40. The number of aromatic nitrogens is 5. The predicted molar refractivity (Wildman–Crippen MR) is 96.6 cm³/mol. The Hall–Kier alpha value is -2.93. The molecular formula is C18H18N6O. The van der Waals surface area contributed by atoms with Crippen LogP contribution in [0.4, 0.5) is 5.95 Å². The van der Waals surface area contributed by atoms with Crippen LogP contribution >= 0.6 is 0 Å². The number of anilines is 1. The van der Waals surface area contributed by atoms with Gasteiger partial charge in [-0.3, -0.25) is 4.68 Å². The molecule has 0 spiro atoms. The Kier molecular flexibility index (Phi) is 3.21. The molecule has 1 aromatic carbocycles. The minimum Gasteiger partial charge on any atom is -0.378 e. The number of H-pyrrole nitrogens is 1. The van der Waals surface area contributed by atoms with Crippen LogP contribution in [0.3, 0.4) is 0 Å². The third-order valence-corrected chi connectivity index (χ3v) is 4.72. The lowest BCUT2D eigenvalue weighted by molar-refractivity contribution is 0.122. The molecule has 4 aromatic rings. The molecule has 4 heterocycles. The van der Waals surface area contributed by atoms with E-state index < -0.39 is 0 Å². The van der Waals surface area contributed by atoms with Crippen molar-refractivity contribution in [2.24, 2.45) is 7.05 Å². The molecule has 1 saturated heterocycles. The van der Waals surface area contributed by atoms with Gasteiger partial charge >= 0.3 is 0 Å². The first-order valence-corrected chi connectivity index (χ1v) is 8.40. The number of hydrogen-bond donors (Lipinski definition) is 1. The molecule has 5 rings (SSSR count). The van der Waals surface area contributed by atoms with Gasteiger partial charge in [-0.15, -0.1) is 0 Å². The zero-order valence-corrected chi connectivity index (χ0v) is 13.9. The molecule has 7 heteroatoms. The molecule has 0 atom stereocenters. The van der Waals surface area contributed by atoms with E-state index in [0.29, 0.717) is 13.2 Å². The number of benzene rings is 1. The lowest BCUT2D eigenvalue weighted by atomic mass is 10.0. The van der Waals surface area contributed by atoms with Crippen molar-refractivity contribution in [2.75, 3.05) is 31.2 Å². The molecule has 1 aliphatic rings. The van der Waals surface area contributed by atoms with Gasteiger partial charge in [0.1, 0.15) is 0 Å². The maximum atomic E-state index is 5.46. The second-order valence-corrected chi connectivity index (χ2v) is 6.22. The maximum Gasteiger partial charge on any atom is 0.228 e. The number of nitrogens with one attached hydrogen (secondary N) is 1. The molecule has 25 heavy (non-hydrogen) atoms. The highest BCUT2D eigenvalue weighted by Gasteiger charge is 2.20. The van der Waals surface area contributed by atoms with E-state index in [1.165, 1.54) is 0 Å². The van der Waals surface area contributed by atoms with E-state index in [0.717, 1.165) is 52.2 Å². The van der Waals surface area contributed by atoms with Crippen LogP contribution in [-0.4, -0.2) is 51.0 Å².